The molecule has 0 aliphatic carbocycles. The molecule has 4 saturated heterocycles. The molecular formula is C106H116F8N4O14S4+4. The number of rotatable bonds is 20. The van der Waals surface area contributed by atoms with Crippen LogP contribution in [0.15, 0.2) is 350 Å². The van der Waals surface area contributed by atoms with Gasteiger partial charge >= 0.3 is 0 Å². The molecule has 8 aliphatic heterocycles. The second kappa shape index (κ2) is 50.7. The van der Waals surface area contributed by atoms with Crippen LogP contribution in [0.5, 0.6) is 69.0 Å². The van der Waals surface area contributed by atoms with E-state index < -0.39 is 50.1 Å². The maximum Gasteiger partial charge on any atom is 0.268 e. The van der Waals surface area contributed by atoms with Crippen LogP contribution < -0.4 is 18.9 Å². The summed E-state index contributed by atoms with van der Waals surface area (Å²) in [5.41, 5.74) is 0. The molecule has 20 rings (SSSR count). The van der Waals surface area contributed by atoms with Crippen molar-refractivity contribution in [3.05, 3.63) is 291 Å². The molecule has 12 aromatic rings. The van der Waals surface area contributed by atoms with Crippen molar-refractivity contribution >= 4 is 43.6 Å². The van der Waals surface area contributed by atoms with E-state index in [-0.39, 0.29) is 80.0 Å². The number of fused-ring (bicyclic) bond motifs is 8. The van der Waals surface area contributed by atoms with Crippen LogP contribution in [-0.4, -0.2) is 196 Å². The van der Waals surface area contributed by atoms with Gasteiger partial charge in [0, 0.05) is 80.1 Å². The molecule has 720 valence electrons. The number of phenolic OH excluding ortho intramolecular Hbond substituents is 4. The normalized spacial score (nSPS) is 16.0. The van der Waals surface area contributed by atoms with Gasteiger partial charge < -0.3 is 67.8 Å². The second-order valence-corrected chi connectivity index (χ2v) is 41.0. The smallest absolute Gasteiger partial charge is 0.268 e. The first-order valence-corrected chi connectivity index (χ1v) is 50.0. The Morgan fingerprint density at radius 3 is 0.566 bits per heavy atom. The number of piperidine rings is 2. The minimum atomic E-state index is -2.73. The van der Waals surface area contributed by atoms with E-state index in [0.717, 1.165) is 152 Å². The van der Waals surface area contributed by atoms with Crippen molar-refractivity contribution < 1.29 is 103 Å². The maximum atomic E-state index is 12.3. The number of hydrogen-bond acceptors (Lipinski definition) is 18. The summed E-state index contributed by atoms with van der Waals surface area (Å²) in [5.74, 6) is -2.42. The molecule has 0 bridgehead atoms. The quantitative estimate of drug-likeness (QED) is 0.0417. The number of phenols is 4. The number of alkyl halides is 8. The topological polar surface area (TPSA) is 186 Å². The van der Waals surface area contributed by atoms with E-state index in [1.807, 2.05) is 204 Å². The first-order valence-electron chi connectivity index (χ1n) is 45.1. The van der Waals surface area contributed by atoms with Crippen LogP contribution in [0.4, 0.5) is 35.1 Å². The highest BCUT2D eigenvalue weighted by Crippen LogP contribution is 2.52. The van der Waals surface area contributed by atoms with E-state index in [0.29, 0.717) is 39.9 Å². The molecule has 8 heterocycles. The lowest BCUT2D eigenvalue weighted by molar-refractivity contribution is -0.100. The fourth-order valence-electron chi connectivity index (χ4n) is 15.0. The fraction of sp³-hybridized carbons (Fsp3) is 0.321. The van der Waals surface area contributed by atoms with Crippen LogP contribution in [0.3, 0.4) is 0 Å². The Bertz CT molecular complexity index is 4780. The summed E-state index contributed by atoms with van der Waals surface area (Å²) >= 11 is 0. The lowest BCUT2D eigenvalue weighted by atomic mass is 10.1. The zero-order valence-corrected chi connectivity index (χ0v) is 79.7. The third kappa shape index (κ3) is 31.8. The number of para-hydroxylation sites is 8. The minimum absolute atomic E-state index is 0.202. The van der Waals surface area contributed by atoms with Crippen molar-refractivity contribution in [2.45, 2.75) is 149 Å². The maximum absolute atomic E-state index is 12.3. The zero-order valence-electron chi connectivity index (χ0n) is 76.4. The minimum Gasteiger partial charge on any atom is -0.508 e. The van der Waals surface area contributed by atoms with Crippen LogP contribution in [0.25, 0.3) is 0 Å². The third-order valence-electron chi connectivity index (χ3n) is 21.3. The van der Waals surface area contributed by atoms with Gasteiger partial charge in [-0.05, 0) is 220 Å². The van der Waals surface area contributed by atoms with Crippen molar-refractivity contribution in [2.75, 3.05) is 132 Å². The average molecular weight is 1950 g/mol. The Hall–Kier alpha value is -10.5. The van der Waals surface area contributed by atoms with Crippen molar-refractivity contribution in [3.63, 3.8) is 0 Å². The van der Waals surface area contributed by atoms with Gasteiger partial charge in [-0.3, -0.25) is 19.6 Å². The molecule has 0 aromatic heterocycles. The Morgan fingerprint density at radius 2 is 0.397 bits per heavy atom. The number of likely N-dealkylation sites (tertiary alicyclic amines) is 2. The average Bonchev–Trinajstić information content (AvgIpc) is 0.777. The van der Waals surface area contributed by atoms with Crippen LogP contribution in [0, 0.1) is 0 Å². The fourth-order valence-corrected chi connectivity index (χ4v) is 23.8. The molecule has 30 heteroatoms. The molecule has 136 heavy (non-hydrogen) atoms. The molecule has 8 aliphatic rings. The molecule has 0 amide bonds. The van der Waals surface area contributed by atoms with Gasteiger partial charge in [0.2, 0.25) is 39.2 Å². The largest absolute Gasteiger partial charge is 0.508 e. The Balaban J connectivity index is 0.000000133. The summed E-state index contributed by atoms with van der Waals surface area (Å²) in [6, 6.07) is 95.0. The van der Waals surface area contributed by atoms with E-state index in [2.05, 4.69) is 58.3 Å². The first-order chi connectivity index (χ1) is 65.6. The molecule has 12 aromatic carbocycles. The molecule has 4 fully saturated rings. The predicted octanol–water partition coefficient (Wildman–Crippen LogP) is 24.5. The van der Waals surface area contributed by atoms with Gasteiger partial charge in [-0.25, -0.2) is 35.1 Å². The van der Waals surface area contributed by atoms with Gasteiger partial charge in [0.1, 0.15) is 93.0 Å². The molecular weight excluding hydrogens is 1830 g/mol. The zero-order chi connectivity index (χ0) is 95.9. The van der Waals surface area contributed by atoms with Crippen molar-refractivity contribution in [3.8, 4) is 69.0 Å². The van der Waals surface area contributed by atoms with Crippen LogP contribution in [0.1, 0.15) is 66.2 Å². The standard InChI is InChI=1S/4C18H12O2S.2C9H17F2NO.2C8H15F2NO2/c4*19-13-9-11-14(12-10-13)21-17-7-3-1-5-15(17)20-16-6-2-4-8-18(16)21;2*1-9(10,11)7-13-8-12-5-3-2-4-6-12;2*1-8(9,10)6-13-7-11-2-4-12-5-3-11/h4*1-12H;2*2-8H2,1H3;2*2-7H2,1H3/p+4. The highest BCUT2D eigenvalue weighted by Gasteiger charge is 2.44. The summed E-state index contributed by atoms with van der Waals surface area (Å²) in [4.78, 5) is 22.2. The van der Waals surface area contributed by atoms with Gasteiger partial charge in [0.15, 0.2) is 65.6 Å². The number of benzene rings is 12. The van der Waals surface area contributed by atoms with Crippen molar-refractivity contribution in [1.82, 2.24) is 19.6 Å². The van der Waals surface area contributed by atoms with Gasteiger partial charge in [-0.15, -0.1) is 0 Å². The van der Waals surface area contributed by atoms with Crippen LogP contribution >= 0.6 is 0 Å². The molecule has 0 unspecified atom stereocenters. The number of halogens is 8. The predicted molar refractivity (Wildman–Crippen MR) is 514 cm³/mol. The van der Waals surface area contributed by atoms with E-state index in [1.165, 1.54) is 71.6 Å². The SMILES string of the molecule is CC(F)(F)COCN1CCCCC1.CC(F)(F)COCN1CCCCC1.CC(F)(F)COCN1CCOCC1.CC(F)(F)COCN1CCOCC1.Oc1ccc([S+]2c3ccccc3Oc3ccccc32)cc1.Oc1ccc([S+]2c3ccccc3Oc3ccccc32)cc1.Oc1ccc([S+]2c3ccccc3Oc3ccccc32)cc1.Oc1ccc([S+]2c3ccccc3Oc3ccccc32)cc1. The molecule has 0 spiro atoms. The third-order valence-corrected chi connectivity index (χ3v) is 30.5. The number of morpholine rings is 2. The molecule has 18 nitrogen and oxygen atoms in total. The number of ether oxygens (including phenoxy) is 10. The van der Waals surface area contributed by atoms with Crippen LogP contribution in [-0.2, 0) is 72.0 Å². The van der Waals surface area contributed by atoms with Gasteiger partial charge in [0.25, 0.3) is 23.7 Å². The molecule has 4 N–H and O–H groups in total. The highest BCUT2D eigenvalue weighted by molar-refractivity contribution is 7.98. The summed E-state index contributed by atoms with van der Waals surface area (Å²) < 4.78 is 152. The number of nitrogens with zero attached hydrogens (tertiary/aromatic N) is 4. The van der Waals surface area contributed by atoms with Gasteiger partial charge in [0.05, 0.1) is 53.4 Å². The van der Waals surface area contributed by atoms with Gasteiger partial charge in [-0.1, -0.05) is 110 Å². The summed E-state index contributed by atoms with van der Waals surface area (Å²) in [5, 5.41) is 38.1. The van der Waals surface area contributed by atoms with E-state index in [1.54, 1.807) is 48.5 Å². The molecule has 0 radical (unpaired) electrons. The van der Waals surface area contributed by atoms with E-state index >= 15 is 0 Å². The Labute approximate surface area is 802 Å². The highest BCUT2D eigenvalue weighted by atomic mass is 32.2. The van der Waals surface area contributed by atoms with E-state index in [9.17, 15) is 55.5 Å². The lowest BCUT2D eigenvalue weighted by Gasteiger charge is -2.26. The first kappa shape index (κ1) is 103. The lowest BCUT2D eigenvalue weighted by Crippen LogP contribution is -2.38. The monoisotopic (exact) mass is 1950 g/mol. The Kier molecular flexibility index (Phi) is 38.4. The summed E-state index contributed by atoms with van der Waals surface area (Å²) in [6.07, 6.45) is 7.14. The summed E-state index contributed by atoms with van der Waals surface area (Å²) in [6.45, 7) is 12.3. The molecule has 0 saturated carbocycles. The van der Waals surface area contributed by atoms with E-state index in [4.69, 9.17) is 47.4 Å². The van der Waals surface area contributed by atoms with Crippen LogP contribution in [0.2, 0.25) is 0 Å². The van der Waals surface area contributed by atoms with Gasteiger partial charge in [-0.2, -0.15) is 0 Å². The second-order valence-electron chi connectivity index (χ2n) is 33.2. The summed E-state index contributed by atoms with van der Waals surface area (Å²) in [7, 11) is -0.809. The number of aromatic hydroxyl groups is 4. The Morgan fingerprint density at radius 1 is 0.235 bits per heavy atom. The molecule has 0 atom stereocenters. The van der Waals surface area contributed by atoms with Crippen molar-refractivity contribution in [2.24, 2.45) is 0 Å². The number of hydrogen-bond donors (Lipinski definition) is 4. The van der Waals surface area contributed by atoms with Crippen molar-refractivity contribution in [1.29, 1.82) is 0 Å².